The Balaban J connectivity index is 3.27. The van der Waals surface area contributed by atoms with Crippen LogP contribution in [0.1, 0.15) is 19.8 Å². The molecule has 0 aliphatic carbocycles. The second kappa shape index (κ2) is 7.16. The summed E-state index contributed by atoms with van der Waals surface area (Å²) in [6.45, 7) is 3.23. The Morgan fingerprint density at radius 1 is 1.60 bits per heavy atom. The Morgan fingerprint density at radius 2 is 2.30 bits per heavy atom. The van der Waals surface area contributed by atoms with Gasteiger partial charge < -0.3 is 5.32 Å². The van der Waals surface area contributed by atoms with Gasteiger partial charge in [0.25, 0.3) is 0 Å². The third-order valence-corrected chi connectivity index (χ3v) is 2.40. The zero-order valence-corrected chi connectivity index (χ0v) is 7.92. The summed E-state index contributed by atoms with van der Waals surface area (Å²) in [5, 5.41) is 3.13. The van der Waals surface area contributed by atoms with Crippen LogP contribution in [0.2, 0.25) is 0 Å². The minimum absolute atomic E-state index is 1.12. The predicted octanol–water partition coefficient (Wildman–Crippen LogP) is 2.25. The van der Waals surface area contributed by atoms with Gasteiger partial charge in [0.1, 0.15) is 0 Å². The predicted molar refractivity (Wildman–Crippen MR) is 50.4 cm³/mol. The van der Waals surface area contributed by atoms with Gasteiger partial charge in [0.05, 0.1) is 0 Å². The zero-order valence-electron chi connectivity index (χ0n) is 7.11. The molecular weight excluding hydrogens is 142 g/mol. The molecule has 60 valence electrons. The van der Waals surface area contributed by atoms with Crippen molar-refractivity contribution in [2.45, 2.75) is 19.8 Å². The molecule has 0 aliphatic heterocycles. The molecule has 0 rings (SSSR count). The summed E-state index contributed by atoms with van der Waals surface area (Å²) in [6, 6.07) is 0. The monoisotopic (exact) mass is 159 g/mol. The molecule has 1 N–H and O–H groups in total. The Hall–Kier alpha value is 0.0500. The lowest BCUT2D eigenvalue weighted by Crippen LogP contribution is -2.07. The van der Waals surface area contributed by atoms with Crippen LogP contribution in [-0.2, 0) is 0 Å². The van der Waals surface area contributed by atoms with Crippen LogP contribution in [0.4, 0.5) is 0 Å². The Bertz CT molecular complexity index is 99.4. The molecule has 0 fully saturated rings. The summed E-state index contributed by atoms with van der Waals surface area (Å²) in [4.78, 5) is 1.50. The lowest BCUT2D eigenvalue weighted by Gasteiger charge is -2.01. The van der Waals surface area contributed by atoms with E-state index in [1.807, 2.05) is 18.8 Å². The van der Waals surface area contributed by atoms with Gasteiger partial charge in [-0.2, -0.15) is 0 Å². The van der Waals surface area contributed by atoms with E-state index in [1.165, 1.54) is 17.7 Å². The van der Waals surface area contributed by atoms with Crippen molar-refractivity contribution in [3.63, 3.8) is 0 Å². The second-order valence-electron chi connectivity index (χ2n) is 2.17. The topological polar surface area (TPSA) is 12.0 Å². The SMILES string of the molecule is C/C=C(/CCCNC)SC. The maximum atomic E-state index is 3.13. The number of hydrogen-bond donors (Lipinski definition) is 1. The summed E-state index contributed by atoms with van der Waals surface area (Å²) in [7, 11) is 1.99. The molecule has 0 saturated carbocycles. The van der Waals surface area contributed by atoms with Crippen LogP contribution in [-0.4, -0.2) is 19.8 Å². The number of nitrogens with one attached hydrogen (secondary N) is 1. The van der Waals surface area contributed by atoms with Gasteiger partial charge >= 0.3 is 0 Å². The Labute approximate surface area is 68.3 Å². The fourth-order valence-electron chi connectivity index (χ4n) is 0.804. The van der Waals surface area contributed by atoms with Gasteiger partial charge in [-0.3, -0.25) is 0 Å². The van der Waals surface area contributed by atoms with E-state index in [9.17, 15) is 0 Å². The van der Waals surface area contributed by atoms with Crippen LogP contribution in [0.25, 0.3) is 0 Å². The first kappa shape index (κ1) is 10.0. The van der Waals surface area contributed by atoms with Crippen molar-refractivity contribution in [3.8, 4) is 0 Å². The van der Waals surface area contributed by atoms with Crippen LogP contribution < -0.4 is 5.32 Å². The van der Waals surface area contributed by atoms with Crippen LogP contribution in [0.15, 0.2) is 11.0 Å². The van der Waals surface area contributed by atoms with Crippen molar-refractivity contribution in [1.82, 2.24) is 5.32 Å². The summed E-state index contributed by atoms with van der Waals surface area (Å²) >= 11 is 1.85. The molecule has 0 radical (unpaired) electrons. The van der Waals surface area contributed by atoms with Crippen molar-refractivity contribution in [2.75, 3.05) is 19.8 Å². The van der Waals surface area contributed by atoms with E-state index in [0.29, 0.717) is 0 Å². The largest absolute Gasteiger partial charge is 0.320 e. The Kier molecular flexibility index (Phi) is 7.20. The molecule has 1 nitrogen and oxygen atoms in total. The normalized spacial score (nSPS) is 12.1. The zero-order chi connectivity index (χ0) is 7.82. The second-order valence-corrected chi connectivity index (χ2v) is 3.10. The van der Waals surface area contributed by atoms with Gasteiger partial charge in [-0.15, -0.1) is 11.8 Å². The first-order chi connectivity index (χ1) is 4.85. The number of allylic oxidation sites excluding steroid dienone is 2. The fourth-order valence-corrected chi connectivity index (χ4v) is 1.39. The molecule has 0 aromatic carbocycles. The van der Waals surface area contributed by atoms with Crippen molar-refractivity contribution in [1.29, 1.82) is 0 Å². The van der Waals surface area contributed by atoms with Gasteiger partial charge in [0.15, 0.2) is 0 Å². The highest BCUT2D eigenvalue weighted by molar-refractivity contribution is 8.02. The highest BCUT2D eigenvalue weighted by atomic mass is 32.2. The summed E-state index contributed by atoms with van der Waals surface area (Å²) in [6.07, 6.45) is 6.80. The van der Waals surface area contributed by atoms with Gasteiger partial charge in [0.2, 0.25) is 0 Å². The average molecular weight is 159 g/mol. The molecule has 0 aromatic rings. The first-order valence-electron chi connectivity index (χ1n) is 3.69. The van der Waals surface area contributed by atoms with E-state index >= 15 is 0 Å². The van der Waals surface area contributed by atoms with Crippen molar-refractivity contribution in [3.05, 3.63) is 11.0 Å². The number of thioether (sulfide) groups is 1. The summed E-state index contributed by atoms with van der Waals surface area (Å²) < 4.78 is 0. The Morgan fingerprint density at radius 3 is 2.70 bits per heavy atom. The molecular formula is C8H17NS. The van der Waals surface area contributed by atoms with Gasteiger partial charge in [0, 0.05) is 0 Å². The first-order valence-corrected chi connectivity index (χ1v) is 4.91. The quantitative estimate of drug-likeness (QED) is 0.617. The molecule has 0 unspecified atom stereocenters. The number of hydrogen-bond acceptors (Lipinski definition) is 2. The minimum Gasteiger partial charge on any atom is -0.320 e. The van der Waals surface area contributed by atoms with Gasteiger partial charge in [-0.25, -0.2) is 0 Å². The van der Waals surface area contributed by atoms with E-state index in [0.717, 1.165) is 6.54 Å². The molecule has 0 aromatic heterocycles. The molecule has 0 heterocycles. The maximum absolute atomic E-state index is 3.13. The summed E-state index contributed by atoms with van der Waals surface area (Å²) in [5.74, 6) is 0. The molecule has 0 atom stereocenters. The standard InChI is InChI=1S/C8H17NS/c1-4-8(10-3)6-5-7-9-2/h4,9H,5-7H2,1-3H3/b8-4-. The van der Waals surface area contributed by atoms with E-state index in [-0.39, 0.29) is 0 Å². The molecule has 0 aliphatic rings. The number of rotatable bonds is 5. The molecule has 0 amide bonds. The lowest BCUT2D eigenvalue weighted by atomic mass is 10.3. The summed E-state index contributed by atoms with van der Waals surface area (Å²) in [5.41, 5.74) is 0. The third-order valence-electron chi connectivity index (χ3n) is 1.43. The van der Waals surface area contributed by atoms with Crippen molar-refractivity contribution < 1.29 is 0 Å². The van der Waals surface area contributed by atoms with Gasteiger partial charge in [-0.1, -0.05) is 6.08 Å². The van der Waals surface area contributed by atoms with E-state index in [2.05, 4.69) is 24.6 Å². The van der Waals surface area contributed by atoms with Crippen molar-refractivity contribution in [2.24, 2.45) is 0 Å². The smallest absolute Gasteiger partial charge is 0.00486 e. The van der Waals surface area contributed by atoms with Crippen LogP contribution in [0, 0.1) is 0 Å². The van der Waals surface area contributed by atoms with Crippen LogP contribution in [0.3, 0.4) is 0 Å². The molecule has 0 saturated heterocycles. The van der Waals surface area contributed by atoms with E-state index < -0.39 is 0 Å². The minimum atomic E-state index is 1.12. The lowest BCUT2D eigenvalue weighted by molar-refractivity contribution is 0.732. The fraction of sp³-hybridized carbons (Fsp3) is 0.750. The third kappa shape index (κ3) is 4.89. The van der Waals surface area contributed by atoms with Gasteiger partial charge in [-0.05, 0) is 44.5 Å². The molecule has 0 bridgehead atoms. The van der Waals surface area contributed by atoms with E-state index in [4.69, 9.17) is 0 Å². The highest BCUT2D eigenvalue weighted by Gasteiger charge is 1.91. The van der Waals surface area contributed by atoms with Crippen LogP contribution >= 0.6 is 11.8 Å². The van der Waals surface area contributed by atoms with E-state index in [1.54, 1.807) is 0 Å². The average Bonchev–Trinajstić information content (AvgIpc) is 1.99. The maximum Gasteiger partial charge on any atom is -0.00486 e. The van der Waals surface area contributed by atoms with Crippen molar-refractivity contribution >= 4 is 11.8 Å². The molecule has 2 heteroatoms. The highest BCUT2D eigenvalue weighted by Crippen LogP contribution is 2.16. The molecule has 10 heavy (non-hydrogen) atoms. The van der Waals surface area contributed by atoms with Crippen LogP contribution in [0.5, 0.6) is 0 Å². The molecule has 0 spiro atoms.